The summed E-state index contributed by atoms with van der Waals surface area (Å²) in [5.41, 5.74) is 0. The second-order valence-corrected chi connectivity index (χ2v) is 3.87. The fourth-order valence-electron chi connectivity index (χ4n) is 1.42. The van der Waals surface area contributed by atoms with E-state index in [0.717, 1.165) is 0 Å². The van der Waals surface area contributed by atoms with E-state index >= 15 is 0 Å². The highest BCUT2D eigenvalue weighted by molar-refractivity contribution is 5.60. The Balaban J connectivity index is 2.49. The highest BCUT2D eigenvalue weighted by atomic mass is 16.8. The number of ether oxygens (including phenoxy) is 4. The van der Waals surface area contributed by atoms with Crippen molar-refractivity contribution in [3.8, 4) is 0 Å². The number of carbonyl (C=O) groups excluding carboxylic acids is 1. The van der Waals surface area contributed by atoms with E-state index in [4.69, 9.17) is 14.2 Å². The SMILES string of the molecule is C=C[C@H](OC(=O)OCC)[C@@H]1COC(C)(C)O1. The van der Waals surface area contributed by atoms with Gasteiger partial charge in [-0.2, -0.15) is 0 Å². The molecule has 0 aromatic rings. The maximum absolute atomic E-state index is 11.1. The standard InChI is InChI=1S/C11H18O5/c1-5-8(15-10(12)13-6-2)9-7-14-11(3,4)16-9/h5,8-9H,1,6-7H2,2-4H3/t8-,9-/m0/s1. The predicted octanol–water partition coefficient (Wildman–Crippen LogP) is 1.87. The zero-order valence-electron chi connectivity index (χ0n) is 9.89. The highest BCUT2D eigenvalue weighted by Crippen LogP contribution is 2.25. The number of hydrogen-bond acceptors (Lipinski definition) is 5. The van der Waals surface area contributed by atoms with Crippen molar-refractivity contribution in [2.45, 2.75) is 38.8 Å². The van der Waals surface area contributed by atoms with Gasteiger partial charge < -0.3 is 18.9 Å². The van der Waals surface area contributed by atoms with E-state index in [2.05, 4.69) is 11.3 Å². The molecule has 0 saturated carbocycles. The van der Waals surface area contributed by atoms with Gasteiger partial charge in [0, 0.05) is 0 Å². The van der Waals surface area contributed by atoms with Crippen LogP contribution in [0.3, 0.4) is 0 Å². The Hall–Kier alpha value is -1.07. The van der Waals surface area contributed by atoms with Crippen molar-refractivity contribution in [1.29, 1.82) is 0 Å². The van der Waals surface area contributed by atoms with E-state index in [9.17, 15) is 4.79 Å². The van der Waals surface area contributed by atoms with Gasteiger partial charge in [0.15, 0.2) is 11.9 Å². The van der Waals surface area contributed by atoms with Crippen molar-refractivity contribution >= 4 is 6.16 Å². The number of carbonyl (C=O) groups is 1. The maximum atomic E-state index is 11.1. The molecule has 0 aromatic heterocycles. The Bertz CT molecular complexity index is 261. The first-order chi connectivity index (χ1) is 7.48. The van der Waals surface area contributed by atoms with Crippen molar-refractivity contribution in [2.75, 3.05) is 13.2 Å². The summed E-state index contributed by atoms with van der Waals surface area (Å²) in [6.07, 6.45) is -0.106. The lowest BCUT2D eigenvalue weighted by molar-refractivity contribution is -0.149. The summed E-state index contributed by atoms with van der Waals surface area (Å²) in [4.78, 5) is 11.1. The second-order valence-electron chi connectivity index (χ2n) is 3.87. The molecule has 92 valence electrons. The van der Waals surface area contributed by atoms with Gasteiger partial charge in [-0.25, -0.2) is 4.79 Å². The molecule has 5 nitrogen and oxygen atoms in total. The molecule has 1 rings (SSSR count). The Morgan fingerprint density at radius 1 is 1.69 bits per heavy atom. The van der Waals surface area contributed by atoms with Gasteiger partial charge in [0.1, 0.15) is 6.10 Å². The zero-order chi connectivity index (χ0) is 12.2. The lowest BCUT2D eigenvalue weighted by atomic mass is 10.2. The largest absolute Gasteiger partial charge is 0.508 e. The molecule has 0 spiro atoms. The molecule has 0 bridgehead atoms. The van der Waals surface area contributed by atoms with Gasteiger partial charge >= 0.3 is 6.16 Å². The molecule has 1 fully saturated rings. The normalized spacial score (nSPS) is 24.8. The third-order valence-electron chi connectivity index (χ3n) is 2.12. The molecule has 0 unspecified atom stereocenters. The summed E-state index contributed by atoms with van der Waals surface area (Å²) in [6.45, 7) is 9.55. The van der Waals surface area contributed by atoms with Gasteiger partial charge in [-0.15, -0.1) is 0 Å². The van der Waals surface area contributed by atoms with Crippen LogP contribution in [-0.2, 0) is 18.9 Å². The molecule has 5 heteroatoms. The van der Waals surface area contributed by atoms with Crippen molar-refractivity contribution in [3.63, 3.8) is 0 Å². The summed E-state index contributed by atoms with van der Waals surface area (Å²) in [5.74, 6) is -0.649. The monoisotopic (exact) mass is 230 g/mol. The van der Waals surface area contributed by atoms with Crippen LogP contribution in [0.4, 0.5) is 4.79 Å². The van der Waals surface area contributed by atoms with E-state index in [1.54, 1.807) is 20.8 Å². The Morgan fingerprint density at radius 3 is 2.81 bits per heavy atom. The van der Waals surface area contributed by atoms with Gasteiger partial charge in [0.2, 0.25) is 0 Å². The van der Waals surface area contributed by atoms with Crippen molar-refractivity contribution < 1.29 is 23.7 Å². The van der Waals surface area contributed by atoms with Gasteiger partial charge in [-0.05, 0) is 26.8 Å². The second kappa shape index (κ2) is 5.32. The first kappa shape index (κ1) is 13.0. The van der Waals surface area contributed by atoms with Crippen LogP contribution in [0.2, 0.25) is 0 Å². The lowest BCUT2D eigenvalue weighted by Gasteiger charge is -2.21. The van der Waals surface area contributed by atoms with Crippen LogP contribution in [0.15, 0.2) is 12.7 Å². The van der Waals surface area contributed by atoms with Crippen LogP contribution in [0.5, 0.6) is 0 Å². The Labute approximate surface area is 95.3 Å². The molecular weight excluding hydrogens is 212 g/mol. The third-order valence-corrected chi connectivity index (χ3v) is 2.12. The average Bonchev–Trinajstić information content (AvgIpc) is 2.55. The van der Waals surface area contributed by atoms with Gasteiger partial charge in [-0.3, -0.25) is 0 Å². The molecule has 16 heavy (non-hydrogen) atoms. The average molecular weight is 230 g/mol. The van der Waals surface area contributed by atoms with E-state index in [0.29, 0.717) is 6.61 Å². The van der Waals surface area contributed by atoms with E-state index in [1.807, 2.05) is 0 Å². The Morgan fingerprint density at radius 2 is 2.38 bits per heavy atom. The summed E-state index contributed by atoms with van der Waals surface area (Å²) < 4.78 is 20.6. The van der Waals surface area contributed by atoms with Crippen LogP contribution in [0.1, 0.15) is 20.8 Å². The fraction of sp³-hybridized carbons (Fsp3) is 0.727. The third kappa shape index (κ3) is 3.50. The smallest absolute Gasteiger partial charge is 0.435 e. The van der Waals surface area contributed by atoms with E-state index in [-0.39, 0.29) is 12.7 Å². The quantitative estimate of drug-likeness (QED) is 0.545. The molecule has 0 aromatic carbocycles. The maximum Gasteiger partial charge on any atom is 0.508 e. The highest BCUT2D eigenvalue weighted by Gasteiger charge is 2.38. The topological polar surface area (TPSA) is 54.0 Å². The molecule has 1 aliphatic rings. The molecule has 2 atom stereocenters. The minimum absolute atomic E-state index is 0.274. The molecule has 0 aliphatic carbocycles. The van der Waals surface area contributed by atoms with Gasteiger partial charge in [-0.1, -0.05) is 6.58 Å². The lowest BCUT2D eigenvalue weighted by Crippen LogP contribution is -2.33. The fourth-order valence-corrected chi connectivity index (χ4v) is 1.42. The molecular formula is C11H18O5. The molecule has 0 radical (unpaired) electrons. The van der Waals surface area contributed by atoms with Gasteiger partial charge in [0.05, 0.1) is 13.2 Å². The first-order valence-electron chi connectivity index (χ1n) is 5.26. The van der Waals surface area contributed by atoms with Crippen LogP contribution in [-0.4, -0.2) is 37.4 Å². The molecule has 1 saturated heterocycles. The minimum atomic E-state index is -0.722. The number of hydrogen-bond donors (Lipinski definition) is 0. The number of rotatable bonds is 4. The Kier molecular flexibility index (Phi) is 4.32. The van der Waals surface area contributed by atoms with Crippen molar-refractivity contribution in [2.24, 2.45) is 0 Å². The van der Waals surface area contributed by atoms with Crippen molar-refractivity contribution in [1.82, 2.24) is 0 Å². The predicted molar refractivity (Wildman–Crippen MR) is 57.0 cm³/mol. The van der Waals surface area contributed by atoms with Crippen LogP contribution < -0.4 is 0 Å². The summed E-state index contributed by atoms with van der Waals surface area (Å²) >= 11 is 0. The minimum Gasteiger partial charge on any atom is -0.435 e. The molecule has 1 heterocycles. The van der Waals surface area contributed by atoms with E-state index < -0.39 is 18.0 Å². The van der Waals surface area contributed by atoms with Crippen molar-refractivity contribution in [3.05, 3.63) is 12.7 Å². The molecule has 0 N–H and O–H groups in total. The molecule has 0 amide bonds. The van der Waals surface area contributed by atoms with Crippen LogP contribution in [0, 0.1) is 0 Å². The zero-order valence-corrected chi connectivity index (χ0v) is 9.89. The van der Waals surface area contributed by atoms with Crippen LogP contribution in [0.25, 0.3) is 0 Å². The van der Waals surface area contributed by atoms with E-state index in [1.165, 1.54) is 6.08 Å². The summed E-state index contributed by atoms with van der Waals surface area (Å²) in [6, 6.07) is 0. The summed E-state index contributed by atoms with van der Waals surface area (Å²) in [5, 5.41) is 0. The summed E-state index contributed by atoms with van der Waals surface area (Å²) in [7, 11) is 0. The first-order valence-corrected chi connectivity index (χ1v) is 5.26. The van der Waals surface area contributed by atoms with Gasteiger partial charge in [0.25, 0.3) is 0 Å². The molecule has 1 aliphatic heterocycles. The van der Waals surface area contributed by atoms with Crippen LogP contribution >= 0.6 is 0 Å².